The van der Waals surface area contributed by atoms with E-state index in [9.17, 15) is 4.79 Å². The Hall–Kier alpha value is -1.91. The van der Waals surface area contributed by atoms with Crippen molar-refractivity contribution in [1.29, 1.82) is 0 Å². The van der Waals surface area contributed by atoms with Crippen molar-refractivity contribution in [2.45, 2.75) is 6.42 Å². The van der Waals surface area contributed by atoms with Gasteiger partial charge in [0.1, 0.15) is 0 Å². The smallest absolute Gasteiger partial charge is 0.296 e. The summed E-state index contributed by atoms with van der Waals surface area (Å²) in [5.41, 5.74) is 0.979. The number of hydrogen-bond acceptors (Lipinski definition) is 4. The molecule has 0 atom stereocenters. The molecule has 0 spiro atoms. The number of hydrogen-bond donors (Lipinski definition) is 1. The summed E-state index contributed by atoms with van der Waals surface area (Å²) >= 11 is 0. The minimum absolute atomic E-state index is 0.512. The predicted molar refractivity (Wildman–Crippen MR) is 44.2 cm³/mol. The fraction of sp³-hybridized carbons (Fsp3) is 0.125. The Labute approximate surface area is 73.4 Å². The maximum Gasteiger partial charge on any atom is 0.438 e. The highest BCUT2D eigenvalue weighted by Crippen LogP contribution is 2.00. The predicted octanol–water partition coefficient (Wildman–Crippen LogP) is 0.349. The van der Waals surface area contributed by atoms with E-state index in [0.717, 1.165) is 5.56 Å². The zero-order valence-electron chi connectivity index (χ0n) is 6.73. The molecule has 2 heterocycles. The van der Waals surface area contributed by atoms with Gasteiger partial charge < -0.3 is 0 Å². The number of aromatic nitrogens is 3. The third-order valence-corrected chi connectivity index (χ3v) is 1.58. The van der Waals surface area contributed by atoms with E-state index in [4.69, 9.17) is 0 Å². The van der Waals surface area contributed by atoms with E-state index in [-0.39, 0.29) is 0 Å². The second kappa shape index (κ2) is 3.22. The summed E-state index contributed by atoms with van der Waals surface area (Å²) in [6.07, 6.45) is 3.93. The van der Waals surface area contributed by atoms with Gasteiger partial charge in [0.2, 0.25) is 0 Å². The van der Waals surface area contributed by atoms with Crippen LogP contribution in [0.15, 0.2) is 33.8 Å². The van der Waals surface area contributed by atoms with E-state index >= 15 is 0 Å². The highest BCUT2D eigenvalue weighted by molar-refractivity contribution is 5.13. The van der Waals surface area contributed by atoms with Crippen LogP contribution in [0.2, 0.25) is 0 Å². The second-order valence-corrected chi connectivity index (χ2v) is 2.58. The van der Waals surface area contributed by atoms with Gasteiger partial charge in [-0.05, 0) is 11.6 Å². The lowest BCUT2D eigenvalue weighted by Crippen LogP contribution is -1.97. The van der Waals surface area contributed by atoms with Gasteiger partial charge in [-0.15, -0.1) is 0 Å². The van der Waals surface area contributed by atoms with Crippen LogP contribution in [0.3, 0.4) is 0 Å². The number of H-pyrrole nitrogens is 1. The van der Waals surface area contributed by atoms with Crippen LogP contribution in [0.25, 0.3) is 0 Å². The van der Waals surface area contributed by atoms with Crippen molar-refractivity contribution >= 4 is 0 Å². The van der Waals surface area contributed by atoms with E-state index in [1.165, 1.54) is 0 Å². The molecule has 2 aromatic heterocycles. The minimum atomic E-state index is -0.529. The van der Waals surface area contributed by atoms with Crippen LogP contribution in [0, 0.1) is 0 Å². The van der Waals surface area contributed by atoms with Gasteiger partial charge >= 0.3 is 5.76 Å². The monoisotopic (exact) mass is 177 g/mol. The van der Waals surface area contributed by atoms with Crippen molar-refractivity contribution in [3.05, 3.63) is 46.5 Å². The summed E-state index contributed by atoms with van der Waals surface area (Å²) in [7, 11) is 0. The molecule has 0 fully saturated rings. The number of pyridine rings is 1. The van der Waals surface area contributed by atoms with Crippen LogP contribution in [0.1, 0.15) is 11.4 Å². The Bertz CT molecular complexity index is 432. The van der Waals surface area contributed by atoms with Gasteiger partial charge in [-0.25, -0.2) is 4.79 Å². The Balaban J connectivity index is 2.20. The molecular formula is C8H7N3O2. The van der Waals surface area contributed by atoms with Gasteiger partial charge in [0, 0.05) is 18.8 Å². The largest absolute Gasteiger partial charge is 0.438 e. The Kier molecular flexibility index (Phi) is 1.91. The normalized spacial score (nSPS) is 10.2. The van der Waals surface area contributed by atoms with Crippen molar-refractivity contribution < 1.29 is 4.52 Å². The number of aromatic amines is 1. The topological polar surface area (TPSA) is 71.8 Å². The average molecular weight is 177 g/mol. The molecule has 66 valence electrons. The zero-order chi connectivity index (χ0) is 9.10. The molecule has 0 saturated heterocycles. The number of nitrogens with zero attached hydrogens (tertiary/aromatic N) is 2. The quantitative estimate of drug-likeness (QED) is 0.718. The molecule has 5 heteroatoms. The standard InChI is InChI=1S/C8H7N3O2/c12-8-10-7(11-13-8)4-6-2-1-3-9-5-6/h1-3,5H,4H2,(H,10,11,12). The molecule has 0 radical (unpaired) electrons. The number of nitrogens with one attached hydrogen (secondary N) is 1. The summed E-state index contributed by atoms with van der Waals surface area (Å²) in [6.45, 7) is 0. The Morgan fingerprint density at radius 2 is 2.46 bits per heavy atom. The lowest BCUT2D eigenvalue weighted by molar-refractivity contribution is 0.382. The highest BCUT2D eigenvalue weighted by atomic mass is 16.5. The van der Waals surface area contributed by atoms with Crippen LogP contribution >= 0.6 is 0 Å². The van der Waals surface area contributed by atoms with Crippen LogP contribution < -0.4 is 5.76 Å². The first-order chi connectivity index (χ1) is 6.34. The van der Waals surface area contributed by atoms with Crippen molar-refractivity contribution in [1.82, 2.24) is 15.1 Å². The van der Waals surface area contributed by atoms with Crippen LogP contribution in [-0.2, 0) is 6.42 Å². The molecule has 0 aliphatic carbocycles. The molecule has 0 saturated carbocycles. The van der Waals surface area contributed by atoms with Crippen molar-refractivity contribution in [3.8, 4) is 0 Å². The maximum absolute atomic E-state index is 10.6. The molecule has 5 nitrogen and oxygen atoms in total. The van der Waals surface area contributed by atoms with E-state index in [1.54, 1.807) is 12.4 Å². The van der Waals surface area contributed by atoms with Gasteiger partial charge in [0.25, 0.3) is 0 Å². The third kappa shape index (κ3) is 1.81. The lowest BCUT2D eigenvalue weighted by Gasteiger charge is -1.93. The van der Waals surface area contributed by atoms with Gasteiger partial charge in [-0.3, -0.25) is 14.5 Å². The number of rotatable bonds is 2. The van der Waals surface area contributed by atoms with Crippen molar-refractivity contribution in [3.63, 3.8) is 0 Å². The van der Waals surface area contributed by atoms with Crippen LogP contribution in [0.5, 0.6) is 0 Å². The molecule has 0 aromatic carbocycles. The molecule has 2 aromatic rings. The Morgan fingerprint density at radius 1 is 1.54 bits per heavy atom. The van der Waals surface area contributed by atoms with Crippen molar-refractivity contribution in [2.24, 2.45) is 0 Å². The average Bonchev–Trinajstić information content (AvgIpc) is 2.53. The van der Waals surface area contributed by atoms with Gasteiger partial charge in [0.15, 0.2) is 5.82 Å². The van der Waals surface area contributed by atoms with E-state index < -0.39 is 5.76 Å². The second-order valence-electron chi connectivity index (χ2n) is 2.58. The summed E-state index contributed by atoms with van der Waals surface area (Å²) < 4.78 is 4.36. The summed E-state index contributed by atoms with van der Waals surface area (Å²) in [6, 6.07) is 3.73. The minimum Gasteiger partial charge on any atom is -0.296 e. The van der Waals surface area contributed by atoms with E-state index in [2.05, 4.69) is 19.6 Å². The van der Waals surface area contributed by atoms with Gasteiger partial charge in [0.05, 0.1) is 0 Å². The van der Waals surface area contributed by atoms with E-state index in [0.29, 0.717) is 12.2 Å². The summed E-state index contributed by atoms with van der Waals surface area (Å²) in [5.74, 6) is -0.0168. The third-order valence-electron chi connectivity index (χ3n) is 1.58. The van der Waals surface area contributed by atoms with Crippen LogP contribution in [-0.4, -0.2) is 15.1 Å². The first kappa shape index (κ1) is 7.72. The Morgan fingerprint density at radius 3 is 3.08 bits per heavy atom. The molecular weight excluding hydrogens is 170 g/mol. The SMILES string of the molecule is O=c1[nH]c(Cc2cccnc2)no1. The molecule has 0 unspecified atom stereocenters. The fourth-order valence-corrected chi connectivity index (χ4v) is 1.03. The molecule has 13 heavy (non-hydrogen) atoms. The molecule has 1 N–H and O–H groups in total. The highest BCUT2D eigenvalue weighted by Gasteiger charge is 2.00. The molecule has 0 bridgehead atoms. The van der Waals surface area contributed by atoms with Gasteiger partial charge in [-0.1, -0.05) is 11.2 Å². The summed E-state index contributed by atoms with van der Waals surface area (Å²) in [4.78, 5) is 17.0. The molecule has 0 amide bonds. The van der Waals surface area contributed by atoms with Gasteiger partial charge in [-0.2, -0.15) is 0 Å². The zero-order valence-corrected chi connectivity index (χ0v) is 6.73. The van der Waals surface area contributed by atoms with E-state index in [1.807, 2.05) is 12.1 Å². The molecule has 2 rings (SSSR count). The molecule has 0 aliphatic heterocycles. The first-order valence-corrected chi connectivity index (χ1v) is 3.78. The van der Waals surface area contributed by atoms with Crippen LogP contribution in [0.4, 0.5) is 0 Å². The fourth-order valence-electron chi connectivity index (χ4n) is 1.03. The van der Waals surface area contributed by atoms with Crippen molar-refractivity contribution in [2.75, 3.05) is 0 Å². The first-order valence-electron chi connectivity index (χ1n) is 3.78. The molecule has 0 aliphatic rings. The maximum atomic E-state index is 10.6. The summed E-state index contributed by atoms with van der Waals surface area (Å²) in [5, 5.41) is 3.54. The lowest BCUT2D eigenvalue weighted by atomic mass is 10.2.